The molecular formula is C13H24N3O2P. The Morgan fingerprint density at radius 2 is 2.16 bits per heavy atom. The minimum Gasteiger partial charge on any atom is -0.357 e. The zero-order valence-electron chi connectivity index (χ0n) is 12.0. The number of hydrogen-bond acceptors (Lipinski definition) is 5. The maximum atomic E-state index is 8.48. The number of likely N-dealkylation sites (N-methyl/N-ethyl adjacent to an activating group) is 1. The Bertz CT molecular complexity index is 348. The molecule has 0 aromatic carbocycles. The average molecular weight is 285 g/mol. The quantitative estimate of drug-likeness (QED) is 0.616. The number of unbranched alkanes of at least 4 members (excludes halogenated alkanes) is 1. The van der Waals surface area contributed by atoms with Crippen LogP contribution in [0.5, 0.6) is 0 Å². The fourth-order valence-electron chi connectivity index (χ4n) is 1.02. The second kappa shape index (κ2) is 12.0. The van der Waals surface area contributed by atoms with Gasteiger partial charge < -0.3 is 14.3 Å². The van der Waals surface area contributed by atoms with E-state index in [0.717, 1.165) is 5.82 Å². The number of aromatic nitrogens is 2. The predicted molar refractivity (Wildman–Crippen MR) is 82.5 cm³/mol. The van der Waals surface area contributed by atoms with Gasteiger partial charge in [-0.2, -0.15) is 0 Å². The van der Waals surface area contributed by atoms with Crippen LogP contribution >= 0.6 is 9.03 Å². The first-order chi connectivity index (χ1) is 9.19. The van der Waals surface area contributed by atoms with Crippen LogP contribution in [-0.2, 0) is 4.52 Å². The van der Waals surface area contributed by atoms with E-state index in [1.807, 2.05) is 18.0 Å². The molecule has 1 aromatic heterocycles. The highest BCUT2D eigenvalue weighted by Gasteiger charge is 2.02. The lowest BCUT2D eigenvalue weighted by molar-refractivity contribution is 0.334. The lowest BCUT2D eigenvalue weighted by Crippen LogP contribution is -2.22. The van der Waals surface area contributed by atoms with Crippen molar-refractivity contribution in [3.63, 3.8) is 0 Å². The molecule has 0 saturated carbocycles. The standard InChI is InChI=1S/C9H14N3O2P.C4H10/c1-3-8-10-5-4-9(11-8)12(2)6-7-14-15-13;1-3-4-2/h3-5,13,15H,1,6-7H2,2H3;3-4H2,1-2H3. The van der Waals surface area contributed by atoms with Crippen molar-refractivity contribution in [1.82, 2.24) is 9.97 Å². The van der Waals surface area contributed by atoms with Gasteiger partial charge in [0.25, 0.3) is 0 Å². The smallest absolute Gasteiger partial charge is 0.153 e. The van der Waals surface area contributed by atoms with Gasteiger partial charge in [0.1, 0.15) is 5.82 Å². The van der Waals surface area contributed by atoms with Crippen molar-refractivity contribution in [1.29, 1.82) is 0 Å². The summed E-state index contributed by atoms with van der Waals surface area (Å²) < 4.78 is 4.86. The maximum Gasteiger partial charge on any atom is 0.153 e. The Balaban J connectivity index is 0.000000711. The minimum absolute atomic E-state index is 0.463. The van der Waals surface area contributed by atoms with Gasteiger partial charge in [-0.05, 0) is 12.1 Å². The fourth-order valence-corrected chi connectivity index (χ4v) is 1.20. The molecule has 0 radical (unpaired) electrons. The van der Waals surface area contributed by atoms with Gasteiger partial charge in [0.05, 0.1) is 6.61 Å². The SMILES string of the molecule is C=Cc1nccc(N(C)CCOPO)n1.CCCC. The van der Waals surface area contributed by atoms with Gasteiger partial charge >= 0.3 is 0 Å². The molecule has 1 N–H and O–H groups in total. The van der Waals surface area contributed by atoms with Gasteiger partial charge in [-0.25, -0.2) is 9.97 Å². The van der Waals surface area contributed by atoms with E-state index in [4.69, 9.17) is 9.42 Å². The van der Waals surface area contributed by atoms with Crippen molar-refractivity contribution >= 4 is 20.9 Å². The Hall–Kier alpha value is -1.03. The summed E-state index contributed by atoms with van der Waals surface area (Å²) in [5.74, 6) is 1.41. The van der Waals surface area contributed by atoms with Gasteiger partial charge in [-0.3, -0.25) is 0 Å². The first kappa shape index (κ1) is 18.0. The Labute approximate surface area is 117 Å². The molecule has 0 bridgehead atoms. The highest BCUT2D eigenvalue weighted by atomic mass is 31.1. The van der Waals surface area contributed by atoms with Crippen LogP contribution in [0, 0.1) is 0 Å². The first-order valence-electron chi connectivity index (χ1n) is 6.37. The Kier molecular flexibility index (Phi) is 11.4. The molecule has 108 valence electrons. The lowest BCUT2D eigenvalue weighted by Gasteiger charge is -2.17. The van der Waals surface area contributed by atoms with Crippen LogP contribution < -0.4 is 4.90 Å². The van der Waals surface area contributed by atoms with Crippen LogP contribution in [0.15, 0.2) is 18.8 Å². The van der Waals surface area contributed by atoms with Gasteiger partial charge in [-0.15, -0.1) is 0 Å². The van der Waals surface area contributed by atoms with E-state index >= 15 is 0 Å². The van der Waals surface area contributed by atoms with E-state index in [-0.39, 0.29) is 0 Å². The van der Waals surface area contributed by atoms with Crippen molar-refractivity contribution in [3.05, 3.63) is 24.7 Å². The van der Waals surface area contributed by atoms with Gasteiger partial charge in [0.15, 0.2) is 14.9 Å². The zero-order chi connectivity index (χ0) is 14.5. The molecule has 19 heavy (non-hydrogen) atoms. The van der Waals surface area contributed by atoms with Crippen LogP contribution in [0.3, 0.4) is 0 Å². The van der Waals surface area contributed by atoms with Gasteiger partial charge in [0, 0.05) is 19.8 Å². The van der Waals surface area contributed by atoms with Crippen molar-refractivity contribution in [2.45, 2.75) is 26.7 Å². The van der Waals surface area contributed by atoms with Crippen molar-refractivity contribution in [2.24, 2.45) is 0 Å². The van der Waals surface area contributed by atoms with E-state index in [1.54, 1.807) is 12.3 Å². The summed E-state index contributed by atoms with van der Waals surface area (Å²) in [4.78, 5) is 18.7. The molecule has 0 fully saturated rings. The molecule has 1 aromatic rings. The van der Waals surface area contributed by atoms with E-state index in [2.05, 4.69) is 30.4 Å². The van der Waals surface area contributed by atoms with Crippen LogP contribution in [0.2, 0.25) is 0 Å². The third kappa shape index (κ3) is 8.65. The number of nitrogens with zero attached hydrogens (tertiary/aromatic N) is 3. The van der Waals surface area contributed by atoms with Crippen LogP contribution in [0.1, 0.15) is 32.5 Å². The van der Waals surface area contributed by atoms with Crippen LogP contribution in [0.25, 0.3) is 6.08 Å². The van der Waals surface area contributed by atoms with Gasteiger partial charge in [0.2, 0.25) is 0 Å². The van der Waals surface area contributed by atoms with E-state index < -0.39 is 9.03 Å². The zero-order valence-corrected chi connectivity index (χ0v) is 13.0. The van der Waals surface area contributed by atoms with Gasteiger partial charge in [-0.1, -0.05) is 33.3 Å². The molecule has 0 aliphatic heterocycles. The van der Waals surface area contributed by atoms with E-state index in [9.17, 15) is 0 Å². The van der Waals surface area contributed by atoms with Crippen molar-refractivity contribution in [2.75, 3.05) is 25.1 Å². The average Bonchev–Trinajstić information content (AvgIpc) is 2.47. The molecule has 0 aliphatic carbocycles. The minimum atomic E-state index is -0.463. The Morgan fingerprint density at radius 1 is 1.47 bits per heavy atom. The third-order valence-electron chi connectivity index (χ3n) is 2.33. The molecule has 0 aliphatic rings. The van der Waals surface area contributed by atoms with Crippen molar-refractivity contribution in [3.8, 4) is 0 Å². The third-order valence-corrected chi connectivity index (χ3v) is 2.66. The highest BCUT2D eigenvalue weighted by Crippen LogP contribution is 2.09. The normalized spacial score (nSPS) is 10.1. The first-order valence-corrected chi connectivity index (χ1v) is 7.22. The second-order valence-corrected chi connectivity index (χ2v) is 4.31. The molecule has 1 rings (SSSR count). The summed E-state index contributed by atoms with van der Waals surface area (Å²) in [7, 11) is 1.44. The highest BCUT2D eigenvalue weighted by molar-refractivity contribution is 7.24. The summed E-state index contributed by atoms with van der Waals surface area (Å²) in [6, 6.07) is 1.81. The predicted octanol–water partition coefficient (Wildman–Crippen LogP) is 2.88. The van der Waals surface area contributed by atoms with E-state index in [0.29, 0.717) is 19.0 Å². The summed E-state index contributed by atoms with van der Waals surface area (Å²) in [5.41, 5.74) is 0. The second-order valence-electron chi connectivity index (χ2n) is 3.84. The molecule has 0 amide bonds. The summed E-state index contributed by atoms with van der Waals surface area (Å²) in [6.45, 7) is 9.11. The molecule has 5 nitrogen and oxygen atoms in total. The van der Waals surface area contributed by atoms with Crippen LogP contribution in [0.4, 0.5) is 5.82 Å². The molecule has 6 heteroatoms. The number of rotatable bonds is 7. The maximum absolute atomic E-state index is 8.48. The van der Waals surface area contributed by atoms with E-state index in [1.165, 1.54) is 12.8 Å². The Morgan fingerprint density at radius 3 is 2.68 bits per heavy atom. The summed E-state index contributed by atoms with van der Waals surface area (Å²) >= 11 is 0. The lowest BCUT2D eigenvalue weighted by atomic mass is 10.4. The molecule has 1 unspecified atom stereocenters. The molecule has 0 saturated heterocycles. The molecule has 1 atom stereocenters. The van der Waals surface area contributed by atoms with Crippen molar-refractivity contribution < 1.29 is 9.42 Å². The van der Waals surface area contributed by atoms with Crippen LogP contribution in [-0.4, -0.2) is 35.1 Å². The largest absolute Gasteiger partial charge is 0.357 e. The molecular weight excluding hydrogens is 261 g/mol. The summed E-state index contributed by atoms with van der Waals surface area (Å²) in [5, 5.41) is 0. The fraction of sp³-hybridized carbons (Fsp3) is 0.538. The topological polar surface area (TPSA) is 58.5 Å². The molecule has 0 spiro atoms. The molecule has 1 heterocycles. The number of hydrogen-bond donors (Lipinski definition) is 1. The monoisotopic (exact) mass is 285 g/mol. The number of anilines is 1. The summed E-state index contributed by atoms with van der Waals surface area (Å²) in [6.07, 6.45) is 5.92.